The van der Waals surface area contributed by atoms with E-state index >= 15 is 0 Å². The van der Waals surface area contributed by atoms with Crippen molar-refractivity contribution in [1.82, 2.24) is 9.97 Å². The molecule has 0 aliphatic carbocycles. The van der Waals surface area contributed by atoms with Crippen molar-refractivity contribution in [1.29, 1.82) is 0 Å². The molecule has 1 atom stereocenters. The summed E-state index contributed by atoms with van der Waals surface area (Å²) in [5.41, 5.74) is 5.42. The zero-order valence-electron chi connectivity index (χ0n) is 11.3. The lowest BCUT2D eigenvalue weighted by Gasteiger charge is -2.23. The van der Waals surface area contributed by atoms with Gasteiger partial charge in [-0.3, -0.25) is 14.9 Å². The first-order valence-electron chi connectivity index (χ1n) is 6.22. The number of anilines is 2. The monoisotopic (exact) mass is 280 g/mol. The predicted molar refractivity (Wildman–Crippen MR) is 72.5 cm³/mol. The fourth-order valence-electron chi connectivity index (χ4n) is 2.39. The highest BCUT2D eigenvalue weighted by Gasteiger charge is 2.36. The van der Waals surface area contributed by atoms with Gasteiger partial charge in [-0.1, -0.05) is 0 Å². The van der Waals surface area contributed by atoms with Crippen LogP contribution in [0, 0.1) is 17.0 Å². The van der Waals surface area contributed by atoms with Gasteiger partial charge in [-0.05, 0) is 19.8 Å². The third-order valence-electron chi connectivity index (χ3n) is 3.30. The molecule has 20 heavy (non-hydrogen) atoms. The Morgan fingerprint density at radius 2 is 2.25 bits per heavy atom. The summed E-state index contributed by atoms with van der Waals surface area (Å²) in [6, 6.07) is -0.562. The smallest absolute Gasteiger partial charge is 0.332 e. The van der Waals surface area contributed by atoms with Gasteiger partial charge in [0.15, 0.2) is 0 Å². The number of primary amides is 1. The van der Waals surface area contributed by atoms with E-state index in [9.17, 15) is 14.9 Å². The number of amides is 1. The molecule has 1 aromatic rings. The van der Waals surface area contributed by atoms with Crippen molar-refractivity contribution in [2.45, 2.75) is 25.8 Å². The second-order valence-electron chi connectivity index (χ2n) is 4.57. The molecule has 2 rings (SSSR count). The van der Waals surface area contributed by atoms with Crippen LogP contribution in [-0.2, 0) is 4.79 Å². The number of carbonyl (C=O) groups excluding carboxylic acids is 1. The Labute approximate surface area is 115 Å². The molecule has 1 saturated heterocycles. The van der Waals surface area contributed by atoms with Crippen LogP contribution in [0.4, 0.5) is 17.5 Å². The number of aromatic nitrogens is 2. The molecule has 108 valence electrons. The number of aryl methyl sites for hydroxylation is 1. The van der Waals surface area contributed by atoms with Crippen LogP contribution in [0.1, 0.15) is 18.5 Å². The molecule has 0 spiro atoms. The molecule has 0 radical (unpaired) electrons. The molecule has 1 aromatic heterocycles. The fourth-order valence-corrected chi connectivity index (χ4v) is 2.39. The first kappa shape index (κ1) is 14.0. The van der Waals surface area contributed by atoms with Crippen molar-refractivity contribution in [3.63, 3.8) is 0 Å². The Morgan fingerprint density at radius 3 is 2.80 bits per heavy atom. The van der Waals surface area contributed by atoms with E-state index in [1.54, 1.807) is 18.9 Å². The van der Waals surface area contributed by atoms with Gasteiger partial charge in [0.2, 0.25) is 17.7 Å². The number of rotatable bonds is 4. The second kappa shape index (κ2) is 5.27. The quantitative estimate of drug-likeness (QED) is 0.595. The van der Waals surface area contributed by atoms with Crippen LogP contribution in [0.2, 0.25) is 0 Å². The molecule has 1 aliphatic heterocycles. The summed E-state index contributed by atoms with van der Waals surface area (Å²) in [7, 11) is 1.62. The van der Waals surface area contributed by atoms with Crippen LogP contribution in [0.5, 0.6) is 0 Å². The number of carbonyl (C=O) groups is 1. The Morgan fingerprint density at radius 1 is 1.55 bits per heavy atom. The SMILES string of the molecule is CNc1nc(C)c([N+](=O)[O-])c(N2CCCC2C(N)=O)n1. The first-order valence-corrected chi connectivity index (χ1v) is 6.22. The lowest BCUT2D eigenvalue weighted by Crippen LogP contribution is -2.41. The molecule has 0 aromatic carbocycles. The van der Waals surface area contributed by atoms with Gasteiger partial charge in [0, 0.05) is 13.6 Å². The zero-order chi connectivity index (χ0) is 14.9. The summed E-state index contributed by atoms with van der Waals surface area (Å²) in [4.78, 5) is 31.9. The van der Waals surface area contributed by atoms with E-state index in [0.29, 0.717) is 13.0 Å². The van der Waals surface area contributed by atoms with Crippen LogP contribution in [-0.4, -0.2) is 40.4 Å². The number of hydrogen-bond acceptors (Lipinski definition) is 7. The average molecular weight is 280 g/mol. The van der Waals surface area contributed by atoms with Crippen molar-refractivity contribution >= 4 is 23.4 Å². The van der Waals surface area contributed by atoms with Crippen LogP contribution in [0.25, 0.3) is 0 Å². The van der Waals surface area contributed by atoms with E-state index in [1.165, 1.54) is 0 Å². The summed E-state index contributed by atoms with van der Waals surface area (Å²) < 4.78 is 0. The van der Waals surface area contributed by atoms with Gasteiger partial charge in [0.1, 0.15) is 11.7 Å². The summed E-state index contributed by atoms with van der Waals surface area (Å²) in [5.74, 6) is -0.0783. The highest BCUT2D eigenvalue weighted by atomic mass is 16.6. The standard InChI is InChI=1S/C11H16N6O3/c1-6-8(17(19)20)10(15-11(13-2)14-6)16-5-3-4-7(16)9(12)18/h7H,3-5H2,1-2H3,(H2,12,18)(H,13,14,15). The molecule has 1 unspecified atom stereocenters. The zero-order valence-corrected chi connectivity index (χ0v) is 11.3. The van der Waals surface area contributed by atoms with Crippen molar-refractivity contribution in [3.05, 3.63) is 15.8 Å². The molecule has 9 nitrogen and oxygen atoms in total. The molecule has 1 fully saturated rings. The maximum atomic E-state index is 11.5. The molecule has 0 bridgehead atoms. The van der Waals surface area contributed by atoms with Gasteiger partial charge in [-0.15, -0.1) is 0 Å². The topological polar surface area (TPSA) is 127 Å². The normalized spacial score (nSPS) is 18.1. The van der Waals surface area contributed by atoms with Gasteiger partial charge in [0.25, 0.3) is 0 Å². The average Bonchev–Trinajstić information content (AvgIpc) is 2.86. The minimum Gasteiger partial charge on any atom is -0.368 e. The predicted octanol–water partition coefficient (Wildman–Crippen LogP) is 0.189. The maximum Gasteiger partial charge on any atom is 0.332 e. The molecular formula is C11H16N6O3. The summed E-state index contributed by atoms with van der Waals surface area (Å²) in [6.07, 6.45) is 1.31. The van der Waals surface area contributed by atoms with E-state index < -0.39 is 16.9 Å². The Bertz CT molecular complexity index is 561. The summed E-state index contributed by atoms with van der Waals surface area (Å²) in [6.45, 7) is 2.05. The van der Waals surface area contributed by atoms with Crippen molar-refractivity contribution < 1.29 is 9.72 Å². The lowest BCUT2D eigenvalue weighted by molar-refractivity contribution is -0.385. The molecular weight excluding hydrogens is 264 g/mol. The highest BCUT2D eigenvalue weighted by molar-refractivity contribution is 5.85. The number of nitro groups is 1. The number of nitrogens with one attached hydrogen (secondary N) is 1. The molecule has 9 heteroatoms. The number of nitrogens with zero attached hydrogens (tertiary/aromatic N) is 4. The van der Waals surface area contributed by atoms with Crippen LogP contribution in [0.15, 0.2) is 0 Å². The largest absolute Gasteiger partial charge is 0.368 e. The van der Waals surface area contributed by atoms with Crippen molar-refractivity contribution in [2.24, 2.45) is 5.73 Å². The molecule has 1 aliphatic rings. The Kier molecular flexibility index (Phi) is 3.68. The fraction of sp³-hybridized carbons (Fsp3) is 0.545. The molecule has 2 heterocycles. The van der Waals surface area contributed by atoms with Gasteiger partial charge in [-0.2, -0.15) is 4.98 Å². The van der Waals surface area contributed by atoms with E-state index in [-0.39, 0.29) is 23.1 Å². The van der Waals surface area contributed by atoms with Gasteiger partial charge in [0.05, 0.1) is 4.92 Å². The van der Waals surface area contributed by atoms with Gasteiger partial charge >= 0.3 is 5.69 Å². The minimum atomic E-state index is -0.562. The van der Waals surface area contributed by atoms with Crippen molar-refractivity contribution in [2.75, 3.05) is 23.8 Å². The van der Waals surface area contributed by atoms with Gasteiger partial charge < -0.3 is 16.0 Å². The second-order valence-corrected chi connectivity index (χ2v) is 4.57. The van der Waals surface area contributed by atoms with E-state index in [1.807, 2.05) is 0 Å². The summed E-state index contributed by atoms with van der Waals surface area (Å²) in [5, 5.41) is 14.0. The Hall–Kier alpha value is -2.45. The first-order chi connectivity index (χ1) is 9.45. The third kappa shape index (κ3) is 2.33. The van der Waals surface area contributed by atoms with E-state index in [2.05, 4.69) is 15.3 Å². The lowest BCUT2D eigenvalue weighted by atomic mass is 10.2. The van der Waals surface area contributed by atoms with Crippen LogP contribution in [0.3, 0.4) is 0 Å². The van der Waals surface area contributed by atoms with Gasteiger partial charge in [-0.25, -0.2) is 4.98 Å². The summed E-state index contributed by atoms with van der Waals surface area (Å²) >= 11 is 0. The molecule has 1 amide bonds. The number of nitrogens with two attached hydrogens (primary N) is 1. The molecule has 0 saturated carbocycles. The highest BCUT2D eigenvalue weighted by Crippen LogP contribution is 2.34. The third-order valence-corrected chi connectivity index (χ3v) is 3.30. The minimum absolute atomic E-state index is 0.146. The number of hydrogen-bond donors (Lipinski definition) is 2. The van der Waals surface area contributed by atoms with Crippen LogP contribution >= 0.6 is 0 Å². The van der Waals surface area contributed by atoms with E-state index in [4.69, 9.17) is 5.73 Å². The van der Waals surface area contributed by atoms with Crippen molar-refractivity contribution in [3.8, 4) is 0 Å². The molecule has 3 N–H and O–H groups in total. The van der Waals surface area contributed by atoms with Crippen LogP contribution < -0.4 is 16.0 Å². The Balaban J connectivity index is 2.56. The van der Waals surface area contributed by atoms with E-state index in [0.717, 1.165) is 6.42 Å². The maximum absolute atomic E-state index is 11.5.